The van der Waals surface area contributed by atoms with Crippen LogP contribution in [0.3, 0.4) is 0 Å². The zero-order valence-electron chi connectivity index (χ0n) is 16.7. The van der Waals surface area contributed by atoms with Crippen LogP contribution in [0.4, 0.5) is 11.8 Å². The van der Waals surface area contributed by atoms with Crippen LogP contribution in [0.5, 0.6) is 0 Å². The number of nitrogens with one attached hydrogen (secondary N) is 1. The number of hydrogen-bond acceptors (Lipinski definition) is 8. The third-order valence-electron chi connectivity index (χ3n) is 4.89. The van der Waals surface area contributed by atoms with Gasteiger partial charge in [0.1, 0.15) is 5.76 Å². The Hall–Kier alpha value is -2.78. The summed E-state index contributed by atoms with van der Waals surface area (Å²) in [6, 6.07) is 1.78. The molecule has 3 N–H and O–H groups in total. The molecule has 9 heteroatoms. The summed E-state index contributed by atoms with van der Waals surface area (Å²) in [4.78, 5) is 24.4. The Morgan fingerprint density at radius 3 is 2.79 bits per heavy atom. The van der Waals surface area contributed by atoms with E-state index in [4.69, 9.17) is 10.3 Å². The van der Waals surface area contributed by atoms with Crippen LogP contribution in [0, 0.1) is 0 Å². The zero-order valence-corrected chi connectivity index (χ0v) is 17.5. The summed E-state index contributed by atoms with van der Waals surface area (Å²) in [6.07, 6.45) is 4.34. The summed E-state index contributed by atoms with van der Waals surface area (Å²) in [5.74, 6) is 1.32. The van der Waals surface area contributed by atoms with Crippen molar-refractivity contribution in [1.29, 1.82) is 0 Å². The van der Waals surface area contributed by atoms with Gasteiger partial charge in [-0.2, -0.15) is 0 Å². The highest BCUT2D eigenvalue weighted by Gasteiger charge is 2.25. The van der Waals surface area contributed by atoms with E-state index in [0.717, 1.165) is 48.5 Å². The van der Waals surface area contributed by atoms with Gasteiger partial charge in [-0.15, -0.1) is 11.3 Å². The fourth-order valence-electron chi connectivity index (χ4n) is 3.28. The van der Waals surface area contributed by atoms with Crippen molar-refractivity contribution in [3.63, 3.8) is 0 Å². The Balaban J connectivity index is 1.43. The van der Waals surface area contributed by atoms with Crippen LogP contribution in [0.25, 0.3) is 0 Å². The Morgan fingerprint density at radius 2 is 2.10 bits per heavy atom. The predicted molar refractivity (Wildman–Crippen MR) is 112 cm³/mol. The number of nitrogens with two attached hydrogens (primary N) is 1. The summed E-state index contributed by atoms with van der Waals surface area (Å²) < 4.78 is 5.35. The molecule has 0 saturated carbocycles. The van der Waals surface area contributed by atoms with Crippen molar-refractivity contribution in [1.82, 2.24) is 20.0 Å². The summed E-state index contributed by atoms with van der Waals surface area (Å²) in [7, 11) is 0. The molecule has 1 aliphatic rings. The maximum absolute atomic E-state index is 12.8. The van der Waals surface area contributed by atoms with Crippen LogP contribution >= 0.6 is 11.3 Å². The molecule has 8 nitrogen and oxygen atoms in total. The van der Waals surface area contributed by atoms with Gasteiger partial charge in [-0.05, 0) is 12.0 Å². The Bertz CT molecular complexity index is 1020. The van der Waals surface area contributed by atoms with Crippen LogP contribution in [0.15, 0.2) is 28.4 Å². The van der Waals surface area contributed by atoms with Crippen molar-refractivity contribution in [2.75, 3.05) is 17.6 Å². The highest BCUT2D eigenvalue weighted by molar-refractivity contribution is 7.10. The molecule has 0 aliphatic carbocycles. The fraction of sp³-hybridized carbons (Fsp3) is 0.400. The lowest BCUT2D eigenvalue weighted by atomic mass is 9.93. The first-order valence-electron chi connectivity index (χ1n) is 9.46. The van der Waals surface area contributed by atoms with Crippen LogP contribution in [-0.4, -0.2) is 32.5 Å². The average molecular weight is 413 g/mol. The van der Waals surface area contributed by atoms with Gasteiger partial charge in [0, 0.05) is 59.3 Å². The second-order valence-electron chi connectivity index (χ2n) is 8.24. The van der Waals surface area contributed by atoms with Gasteiger partial charge in [0.2, 0.25) is 5.95 Å². The highest BCUT2D eigenvalue weighted by Crippen LogP contribution is 2.30. The second kappa shape index (κ2) is 7.57. The molecular formula is C20H24N6O2S. The molecule has 1 amide bonds. The molecule has 0 spiro atoms. The van der Waals surface area contributed by atoms with Crippen LogP contribution in [0.2, 0.25) is 0 Å². The predicted octanol–water partition coefficient (Wildman–Crippen LogP) is 3.22. The van der Waals surface area contributed by atoms with Gasteiger partial charge >= 0.3 is 0 Å². The largest absolute Gasteiger partial charge is 0.368 e. The minimum Gasteiger partial charge on any atom is -0.368 e. The number of aromatic nitrogens is 3. The quantitative estimate of drug-likeness (QED) is 0.677. The fourth-order valence-corrected chi connectivity index (χ4v) is 4.40. The summed E-state index contributed by atoms with van der Waals surface area (Å²) in [5.41, 5.74) is 8.26. The van der Waals surface area contributed by atoms with E-state index in [0.29, 0.717) is 5.82 Å². The molecule has 4 rings (SSSR count). The van der Waals surface area contributed by atoms with Gasteiger partial charge in [-0.25, -0.2) is 9.97 Å². The van der Waals surface area contributed by atoms with Crippen molar-refractivity contribution in [2.24, 2.45) is 0 Å². The topological polar surface area (TPSA) is 110 Å². The normalized spacial score (nSPS) is 14.6. The third-order valence-corrected chi connectivity index (χ3v) is 5.91. The minimum absolute atomic E-state index is 0.142. The molecule has 0 bridgehead atoms. The number of anilines is 2. The Morgan fingerprint density at radius 1 is 1.34 bits per heavy atom. The van der Waals surface area contributed by atoms with E-state index >= 15 is 0 Å². The molecule has 3 aromatic rings. The number of fused-ring (bicyclic) bond motifs is 1. The van der Waals surface area contributed by atoms with E-state index in [1.165, 1.54) is 4.88 Å². The monoisotopic (exact) mass is 412 g/mol. The highest BCUT2D eigenvalue weighted by atomic mass is 32.1. The van der Waals surface area contributed by atoms with E-state index in [1.807, 2.05) is 26.2 Å². The number of nitrogen functional groups attached to an aromatic ring is 1. The van der Waals surface area contributed by atoms with Gasteiger partial charge in [-0.1, -0.05) is 25.9 Å². The molecule has 1 aliphatic heterocycles. The number of thiophene rings is 1. The van der Waals surface area contributed by atoms with E-state index in [-0.39, 0.29) is 17.3 Å². The average Bonchev–Trinajstić information content (AvgIpc) is 3.30. The number of carbonyl (C=O) groups excluding carboxylic acids is 1. The van der Waals surface area contributed by atoms with E-state index in [2.05, 4.69) is 25.3 Å². The standard InChI is InChI=1S/C20H24N6O2S/c1-20(2,3)16-6-17(25-28-16)24-18(27)14-11-29-15-10-26(5-4-13(14)15)9-12-7-22-19(21)23-8-12/h6-8,11H,4-5,9-10H2,1-3H3,(H2,21,22,23)(H,24,25,27). The number of amides is 1. The molecule has 4 heterocycles. The first-order chi connectivity index (χ1) is 13.8. The van der Waals surface area contributed by atoms with Gasteiger partial charge in [-0.3, -0.25) is 9.69 Å². The smallest absolute Gasteiger partial charge is 0.258 e. The second-order valence-corrected chi connectivity index (χ2v) is 9.21. The van der Waals surface area contributed by atoms with Gasteiger partial charge in [0.05, 0.1) is 5.56 Å². The van der Waals surface area contributed by atoms with Crippen molar-refractivity contribution in [2.45, 2.75) is 45.7 Å². The molecule has 3 aromatic heterocycles. The number of nitrogens with zero attached hydrogens (tertiary/aromatic N) is 4. The Labute approximate surface area is 173 Å². The number of carbonyl (C=O) groups is 1. The summed E-state index contributed by atoms with van der Waals surface area (Å²) in [6.45, 7) is 8.54. The number of hydrogen-bond donors (Lipinski definition) is 2. The van der Waals surface area contributed by atoms with Gasteiger partial charge in [0.25, 0.3) is 5.91 Å². The zero-order chi connectivity index (χ0) is 20.6. The third kappa shape index (κ3) is 4.30. The maximum Gasteiger partial charge on any atom is 0.258 e. The molecular weight excluding hydrogens is 388 g/mol. The van der Waals surface area contributed by atoms with Crippen molar-refractivity contribution < 1.29 is 9.32 Å². The molecule has 0 aromatic carbocycles. The van der Waals surface area contributed by atoms with E-state index in [9.17, 15) is 4.79 Å². The first kappa shape index (κ1) is 19.5. The maximum atomic E-state index is 12.8. The van der Waals surface area contributed by atoms with Crippen LogP contribution in [-0.2, 0) is 24.9 Å². The SMILES string of the molecule is CC(C)(C)c1cc(NC(=O)c2csc3c2CCN(Cc2cnc(N)nc2)C3)no1. The minimum atomic E-state index is -0.156. The van der Waals surface area contributed by atoms with Crippen molar-refractivity contribution in [3.05, 3.63) is 51.2 Å². The molecule has 0 fully saturated rings. The number of rotatable bonds is 4. The van der Waals surface area contributed by atoms with Crippen LogP contribution in [0.1, 0.15) is 52.9 Å². The molecule has 29 heavy (non-hydrogen) atoms. The van der Waals surface area contributed by atoms with Gasteiger partial charge in [0.15, 0.2) is 5.82 Å². The van der Waals surface area contributed by atoms with Crippen molar-refractivity contribution in [3.8, 4) is 0 Å². The van der Waals surface area contributed by atoms with Crippen molar-refractivity contribution >= 4 is 29.0 Å². The summed E-state index contributed by atoms with van der Waals surface area (Å²) in [5, 5.41) is 8.77. The van der Waals surface area contributed by atoms with Crippen LogP contribution < -0.4 is 11.1 Å². The molecule has 0 saturated heterocycles. The molecule has 0 radical (unpaired) electrons. The summed E-state index contributed by atoms with van der Waals surface area (Å²) >= 11 is 1.62. The van der Waals surface area contributed by atoms with E-state index < -0.39 is 0 Å². The van der Waals surface area contributed by atoms with Gasteiger partial charge < -0.3 is 15.6 Å². The molecule has 0 unspecified atom stereocenters. The lowest BCUT2D eigenvalue weighted by Gasteiger charge is -2.27. The van der Waals surface area contributed by atoms with E-state index in [1.54, 1.807) is 29.8 Å². The lowest BCUT2D eigenvalue weighted by Crippen LogP contribution is -2.30. The first-order valence-corrected chi connectivity index (χ1v) is 10.3. The molecule has 152 valence electrons. The molecule has 0 atom stereocenters. The lowest BCUT2D eigenvalue weighted by molar-refractivity contribution is 0.102. The Kier molecular flexibility index (Phi) is 5.10.